The summed E-state index contributed by atoms with van der Waals surface area (Å²) in [4.78, 5) is 12.6. The van der Waals surface area contributed by atoms with Gasteiger partial charge in [-0.25, -0.2) is 4.79 Å². The third-order valence-corrected chi connectivity index (χ3v) is 4.50. The van der Waals surface area contributed by atoms with Crippen molar-refractivity contribution >= 4 is 34.6 Å². The lowest BCUT2D eigenvalue weighted by Crippen LogP contribution is -2.45. The second-order valence-electron chi connectivity index (χ2n) is 5.19. The highest BCUT2D eigenvalue weighted by molar-refractivity contribution is 7.80. The summed E-state index contributed by atoms with van der Waals surface area (Å²) in [7, 11) is 0. The molecule has 23 heavy (non-hydrogen) atoms. The number of rotatable bonds is 4. The highest BCUT2D eigenvalue weighted by Gasteiger charge is 2.31. The maximum absolute atomic E-state index is 12.6. The minimum Gasteiger partial charge on any atom is -0.457 e. The fourth-order valence-electron chi connectivity index (χ4n) is 2.45. The number of thiophene rings is 1. The molecule has 0 aliphatic carbocycles. The van der Waals surface area contributed by atoms with E-state index in [-0.39, 0.29) is 18.6 Å². The molecule has 1 unspecified atom stereocenters. The van der Waals surface area contributed by atoms with E-state index in [2.05, 4.69) is 10.6 Å². The van der Waals surface area contributed by atoms with Crippen LogP contribution in [0.3, 0.4) is 0 Å². The SMILES string of the molecule is CC1=C(C(=O)OCc2ccccc2)C(c2ccsc2)NC(=S)N1. The zero-order chi connectivity index (χ0) is 16.2. The first kappa shape index (κ1) is 15.7. The molecule has 0 bridgehead atoms. The molecule has 1 aromatic heterocycles. The fraction of sp³-hybridized carbons (Fsp3) is 0.176. The standard InChI is InChI=1S/C17H16N2O2S2/c1-11-14(16(20)21-9-12-5-3-2-4-6-12)15(19-17(22)18-11)13-7-8-23-10-13/h2-8,10,15H,9H2,1H3,(H2,18,19,22). The van der Waals surface area contributed by atoms with Crippen LogP contribution in [0.5, 0.6) is 0 Å². The molecular formula is C17H16N2O2S2. The van der Waals surface area contributed by atoms with Gasteiger partial charge in [0.25, 0.3) is 0 Å². The van der Waals surface area contributed by atoms with Crippen LogP contribution in [0.2, 0.25) is 0 Å². The number of thiocarbonyl (C=S) groups is 1. The van der Waals surface area contributed by atoms with Crippen molar-refractivity contribution in [2.24, 2.45) is 0 Å². The number of esters is 1. The van der Waals surface area contributed by atoms with Crippen molar-refractivity contribution in [1.29, 1.82) is 0 Å². The lowest BCUT2D eigenvalue weighted by molar-refractivity contribution is -0.140. The Labute approximate surface area is 144 Å². The Bertz CT molecular complexity index is 739. The fourth-order valence-corrected chi connectivity index (χ4v) is 3.41. The van der Waals surface area contributed by atoms with E-state index in [1.165, 1.54) is 0 Å². The number of allylic oxidation sites excluding steroid dienone is 1. The molecule has 2 aromatic rings. The van der Waals surface area contributed by atoms with E-state index >= 15 is 0 Å². The van der Waals surface area contributed by atoms with Gasteiger partial charge < -0.3 is 15.4 Å². The van der Waals surface area contributed by atoms with Crippen LogP contribution < -0.4 is 10.6 Å². The number of hydrogen-bond donors (Lipinski definition) is 2. The Hall–Kier alpha value is -2.18. The molecule has 0 saturated carbocycles. The summed E-state index contributed by atoms with van der Waals surface area (Å²) in [5.41, 5.74) is 3.25. The maximum Gasteiger partial charge on any atom is 0.338 e. The van der Waals surface area contributed by atoms with Gasteiger partial charge >= 0.3 is 5.97 Å². The topological polar surface area (TPSA) is 50.4 Å². The van der Waals surface area contributed by atoms with Crippen molar-refractivity contribution < 1.29 is 9.53 Å². The molecule has 0 radical (unpaired) electrons. The molecule has 2 heterocycles. The second-order valence-corrected chi connectivity index (χ2v) is 6.38. The number of carbonyl (C=O) groups excluding carboxylic acids is 1. The Morgan fingerprint density at radius 1 is 1.30 bits per heavy atom. The third-order valence-electron chi connectivity index (χ3n) is 3.58. The molecule has 1 aliphatic heterocycles. The van der Waals surface area contributed by atoms with Gasteiger partial charge in [-0.3, -0.25) is 0 Å². The van der Waals surface area contributed by atoms with Gasteiger partial charge in [0.1, 0.15) is 6.61 Å². The summed E-state index contributed by atoms with van der Waals surface area (Å²) in [5, 5.41) is 10.6. The van der Waals surface area contributed by atoms with Crippen LogP contribution in [0.15, 0.2) is 58.4 Å². The molecule has 0 fully saturated rings. The van der Waals surface area contributed by atoms with E-state index < -0.39 is 0 Å². The summed E-state index contributed by atoms with van der Waals surface area (Å²) >= 11 is 6.79. The van der Waals surface area contributed by atoms with Gasteiger partial charge in [-0.2, -0.15) is 11.3 Å². The number of benzene rings is 1. The number of hydrogen-bond acceptors (Lipinski definition) is 4. The van der Waals surface area contributed by atoms with Gasteiger partial charge in [-0.05, 0) is 47.1 Å². The van der Waals surface area contributed by atoms with Crippen molar-refractivity contribution in [3.05, 3.63) is 69.6 Å². The lowest BCUT2D eigenvalue weighted by Gasteiger charge is -2.29. The van der Waals surface area contributed by atoms with E-state index in [9.17, 15) is 4.79 Å². The normalized spacial score (nSPS) is 17.4. The first-order chi connectivity index (χ1) is 11.1. The van der Waals surface area contributed by atoms with Gasteiger partial charge in [-0.15, -0.1) is 0 Å². The predicted octanol–water partition coefficient (Wildman–Crippen LogP) is 3.28. The number of nitrogens with one attached hydrogen (secondary N) is 2. The van der Waals surface area contributed by atoms with Gasteiger partial charge in [0.15, 0.2) is 5.11 Å². The Kier molecular flexibility index (Phi) is 4.73. The average molecular weight is 344 g/mol. The van der Waals surface area contributed by atoms with Crippen LogP contribution in [0, 0.1) is 0 Å². The molecule has 3 rings (SSSR count). The van der Waals surface area contributed by atoms with E-state index in [1.54, 1.807) is 11.3 Å². The lowest BCUT2D eigenvalue weighted by atomic mass is 9.98. The zero-order valence-corrected chi connectivity index (χ0v) is 14.2. The molecule has 4 nitrogen and oxygen atoms in total. The van der Waals surface area contributed by atoms with E-state index in [0.29, 0.717) is 10.7 Å². The van der Waals surface area contributed by atoms with Crippen molar-refractivity contribution in [3.8, 4) is 0 Å². The Morgan fingerprint density at radius 2 is 2.09 bits per heavy atom. The average Bonchev–Trinajstić information content (AvgIpc) is 3.07. The third kappa shape index (κ3) is 3.60. The molecule has 0 saturated heterocycles. The van der Waals surface area contributed by atoms with Crippen LogP contribution in [0.4, 0.5) is 0 Å². The van der Waals surface area contributed by atoms with Crippen LogP contribution in [-0.2, 0) is 16.1 Å². The van der Waals surface area contributed by atoms with Crippen LogP contribution >= 0.6 is 23.6 Å². The predicted molar refractivity (Wildman–Crippen MR) is 94.9 cm³/mol. The molecule has 1 aromatic carbocycles. The van der Waals surface area contributed by atoms with E-state index in [1.807, 2.05) is 54.1 Å². The minimum absolute atomic E-state index is 0.247. The van der Waals surface area contributed by atoms with Gasteiger partial charge in [0.05, 0.1) is 11.6 Å². The highest BCUT2D eigenvalue weighted by atomic mass is 32.1. The van der Waals surface area contributed by atoms with Crippen LogP contribution in [0.25, 0.3) is 0 Å². The maximum atomic E-state index is 12.6. The number of carbonyl (C=O) groups is 1. The molecule has 118 valence electrons. The monoisotopic (exact) mass is 344 g/mol. The number of ether oxygens (including phenoxy) is 1. The highest BCUT2D eigenvalue weighted by Crippen LogP contribution is 2.29. The van der Waals surface area contributed by atoms with E-state index in [4.69, 9.17) is 17.0 Å². The van der Waals surface area contributed by atoms with Gasteiger partial charge in [-0.1, -0.05) is 30.3 Å². The summed E-state index contributed by atoms with van der Waals surface area (Å²) < 4.78 is 5.48. The van der Waals surface area contributed by atoms with Gasteiger partial charge in [0, 0.05) is 5.70 Å². The smallest absolute Gasteiger partial charge is 0.338 e. The molecule has 0 spiro atoms. The summed E-state index contributed by atoms with van der Waals surface area (Å²) in [6.45, 7) is 2.09. The molecule has 2 N–H and O–H groups in total. The zero-order valence-electron chi connectivity index (χ0n) is 12.5. The summed E-state index contributed by atoms with van der Waals surface area (Å²) in [6.07, 6.45) is 0. The Morgan fingerprint density at radius 3 is 2.78 bits per heavy atom. The summed E-state index contributed by atoms with van der Waals surface area (Å²) in [5.74, 6) is -0.343. The molecule has 1 atom stereocenters. The molecule has 1 aliphatic rings. The minimum atomic E-state index is -0.343. The van der Waals surface area contributed by atoms with Crippen molar-refractivity contribution in [3.63, 3.8) is 0 Å². The second kappa shape index (κ2) is 6.93. The van der Waals surface area contributed by atoms with Crippen molar-refractivity contribution in [2.75, 3.05) is 0 Å². The van der Waals surface area contributed by atoms with Crippen LogP contribution in [-0.4, -0.2) is 11.1 Å². The quantitative estimate of drug-likeness (QED) is 0.658. The first-order valence-electron chi connectivity index (χ1n) is 7.16. The van der Waals surface area contributed by atoms with Crippen molar-refractivity contribution in [2.45, 2.75) is 19.6 Å². The van der Waals surface area contributed by atoms with Gasteiger partial charge in [0.2, 0.25) is 0 Å². The summed E-state index contributed by atoms with van der Waals surface area (Å²) in [6, 6.07) is 11.3. The van der Waals surface area contributed by atoms with E-state index in [0.717, 1.165) is 16.8 Å². The largest absolute Gasteiger partial charge is 0.457 e. The first-order valence-corrected chi connectivity index (χ1v) is 8.51. The van der Waals surface area contributed by atoms with Crippen LogP contribution in [0.1, 0.15) is 24.1 Å². The molecule has 6 heteroatoms. The molecular weight excluding hydrogens is 328 g/mol. The Balaban J connectivity index is 1.81. The molecule has 0 amide bonds. The van der Waals surface area contributed by atoms with Crippen molar-refractivity contribution in [1.82, 2.24) is 10.6 Å².